The van der Waals surface area contributed by atoms with E-state index >= 15 is 0 Å². The molecule has 0 fully saturated rings. The van der Waals surface area contributed by atoms with Crippen LogP contribution in [0.15, 0.2) is 217 Å². The third-order valence-corrected chi connectivity index (χ3v) is 14.2. The Bertz CT molecular complexity index is 3590. The second kappa shape index (κ2) is 56.9. The summed E-state index contributed by atoms with van der Waals surface area (Å²) in [5.41, 5.74) is 8.67. The SMILES string of the molecule is CCCCOc1ccc(NC)cc1.CCCOc1ccc(NC)cc1.CCCOc1ccc(NC)nc1.CCOc1ccc(NC)cc1.CNc1cc(C)on1.CNc1ccc(C(F)(F)F)cc1.CNc1ccc(C(F)(F)F)cn1.CNc1ccc(C)cc1.CNc1ccc(C)cc1.CNc1ccc(OC)cc1. The number of rotatable bonds is 23. The van der Waals surface area contributed by atoms with Gasteiger partial charge in [-0.2, -0.15) is 26.3 Å². The minimum absolute atomic E-state index is 0.419. The minimum atomic E-state index is -4.31. The molecule has 0 atom stereocenters. The molecule has 19 nitrogen and oxygen atoms in total. The monoisotopic (exact) mass is 1500 g/mol. The van der Waals surface area contributed by atoms with Crippen molar-refractivity contribution < 1.29 is 54.5 Å². The third-order valence-electron chi connectivity index (χ3n) is 14.2. The number of ether oxygens (including phenoxy) is 5. The first-order chi connectivity index (χ1) is 51.9. The molecule has 0 aliphatic rings. The normalized spacial score (nSPS) is 9.78. The highest BCUT2D eigenvalue weighted by Crippen LogP contribution is 2.31. The van der Waals surface area contributed by atoms with Crippen molar-refractivity contribution >= 4 is 57.3 Å². The third kappa shape index (κ3) is 43.8. The molecule has 108 heavy (non-hydrogen) atoms. The molecule has 7 aromatic carbocycles. The number of pyridine rings is 2. The molecule has 0 radical (unpaired) electrons. The molecular weight excluding hydrogens is 1390 g/mol. The van der Waals surface area contributed by atoms with Crippen molar-refractivity contribution in [1.82, 2.24) is 15.1 Å². The fraction of sp³-hybridized carbons (Fsp3) is 0.337. The van der Waals surface area contributed by atoms with Crippen LogP contribution < -0.4 is 76.9 Å². The lowest BCUT2D eigenvalue weighted by Crippen LogP contribution is -2.05. The van der Waals surface area contributed by atoms with Crippen molar-refractivity contribution in [3.05, 3.63) is 241 Å². The first kappa shape index (κ1) is 94.6. The van der Waals surface area contributed by atoms with Crippen molar-refractivity contribution in [3.63, 3.8) is 0 Å². The molecule has 3 heterocycles. The van der Waals surface area contributed by atoms with Gasteiger partial charge in [-0.25, -0.2) is 9.97 Å². The highest BCUT2D eigenvalue weighted by Gasteiger charge is 2.31. The van der Waals surface area contributed by atoms with E-state index in [-0.39, 0.29) is 0 Å². The first-order valence-electron chi connectivity index (χ1n) is 35.3. The van der Waals surface area contributed by atoms with Crippen LogP contribution in [0.3, 0.4) is 0 Å². The number of halogens is 6. The van der Waals surface area contributed by atoms with E-state index in [1.165, 1.54) is 47.1 Å². The Hall–Kier alpha value is -11.4. The maximum absolute atomic E-state index is 12.0. The van der Waals surface area contributed by atoms with E-state index in [0.717, 1.165) is 139 Å². The number of aromatic nitrogens is 3. The minimum Gasteiger partial charge on any atom is -0.497 e. The molecule has 0 unspecified atom stereocenters. The first-order valence-corrected chi connectivity index (χ1v) is 35.3. The molecule has 3 aromatic heterocycles. The van der Waals surface area contributed by atoms with Gasteiger partial charge in [0.05, 0.1) is 50.9 Å². The summed E-state index contributed by atoms with van der Waals surface area (Å²) in [5.74, 6) is 7.42. The van der Waals surface area contributed by atoms with Gasteiger partial charge < -0.3 is 81.4 Å². The van der Waals surface area contributed by atoms with Crippen molar-refractivity contribution in [1.29, 1.82) is 0 Å². The average molecular weight is 1500 g/mol. The van der Waals surface area contributed by atoms with Crippen LogP contribution in [0.5, 0.6) is 28.7 Å². The number of benzene rings is 7. The summed E-state index contributed by atoms with van der Waals surface area (Å²) in [6.07, 6.45) is -1.66. The van der Waals surface area contributed by atoms with Gasteiger partial charge in [-0.05, 0) is 217 Å². The van der Waals surface area contributed by atoms with Crippen LogP contribution in [0, 0.1) is 20.8 Å². The summed E-state index contributed by atoms with van der Waals surface area (Å²) >= 11 is 0. The number of hydrogen-bond donors (Lipinski definition) is 10. The van der Waals surface area contributed by atoms with Crippen LogP contribution in [-0.4, -0.2) is 119 Å². The van der Waals surface area contributed by atoms with Crippen LogP contribution in [0.2, 0.25) is 0 Å². The van der Waals surface area contributed by atoms with Gasteiger partial charge in [0.15, 0.2) is 5.82 Å². The zero-order valence-electron chi connectivity index (χ0n) is 65.9. The van der Waals surface area contributed by atoms with Gasteiger partial charge in [-0.1, -0.05) is 67.7 Å². The Labute approximate surface area is 637 Å². The molecule has 0 spiro atoms. The number of anilines is 10. The quantitative estimate of drug-likeness (QED) is 0.0213. The van der Waals surface area contributed by atoms with Crippen molar-refractivity contribution in [2.24, 2.45) is 0 Å². The zero-order valence-corrected chi connectivity index (χ0v) is 65.9. The van der Waals surface area contributed by atoms with Crippen LogP contribution in [0.4, 0.5) is 83.6 Å². The van der Waals surface area contributed by atoms with Gasteiger partial charge in [-0.3, -0.25) is 0 Å². The summed E-state index contributed by atoms with van der Waals surface area (Å²) in [4.78, 5) is 7.65. The highest BCUT2D eigenvalue weighted by atomic mass is 19.4. The summed E-state index contributed by atoms with van der Waals surface area (Å²) in [6, 6.07) is 61.0. The fourth-order valence-electron chi connectivity index (χ4n) is 7.93. The van der Waals surface area contributed by atoms with Crippen LogP contribution >= 0.6 is 0 Å². The predicted octanol–water partition coefficient (Wildman–Crippen LogP) is 21.2. The highest BCUT2D eigenvalue weighted by molar-refractivity contribution is 5.50. The Balaban J connectivity index is 0.000000602. The molecule has 0 aliphatic heterocycles. The molecule has 0 aliphatic carbocycles. The Morgan fingerprint density at radius 1 is 0.324 bits per heavy atom. The molecule has 10 rings (SSSR count). The maximum atomic E-state index is 12.0. The van der Waals surface area contributed by atoms with E-state index in [9.17, 15) is 26.3 Å². The van der Waals surface area contributed by atoms with Gasteiger partial charge in [0.1, 0.15) is 46.1 Å². The van der Waals surface area contributed by atoms with Crippen LogP contribution in [0.25, 0.3) is 0 Å². The summed E-state index contributed by atoms with van der Waals surface area (Å²) in [6.45, 7) is 17.4. The topological polar surface area (TPSA) is 218 Å². The van der Waals surface area contributed by atoms with Crippen molar-refractivity contribution in [2.75, 3.05) is 157 Å². The van der Waals surface area contributed by atoms with Gasteiger partial charge >= 0.3 is 12.4 Å². The number of methoxy groups -OCH3 is 1. The second-order valence-corrected chi connectivity index (χ2v) is 22.6. The van der Waals surface area contributed by atoms with Crippen LogP contribution in [0.1, 0.15) is 81.4 Å². The van der Waals surface area contributed by atoms with E-state index in [1.807, 2.05) is 178 Å². The molecular formula is C83H115F6N13O6. The molecule has 25 heteroatoms. The average Bonchev–Trinajstić information content (AvgIpc) is 1.76. The molecule has 0 saturated heterocycles. The maximum Gasteiger partial charge on any atom is 0.417 e. The lowest BCUT2D eigenvalue weighted by molar-refractivity contribution is -0.138. The fourth-order valence-corrected chi connectivity index (χ4v) is 7.93. The van der Waals surface area contributed by atoms with E-state index in [2.05, 4.69) is 151 Å². The zero-order chi connectivity index (χ0) is 80.4. The van der Waals surface area contributed by atoms with E-state index < -0.39 is 23.5 Å². The Kier molecular flexibility index (Phi) is 49.9. The molecule has 590 valence electrons. The molecule has 0 saturated carbocycles. The summed E-state index contributed by atoms with van der Waals surface area (Å²) in [7, 11) is 20.0. The number of nitrogens with one attached hydrogen (secondary N) is 10. The second-order valence-electron chi connectivity index (χ2n) is 22.6. The molecule has 0 bridgehead atoms. The molecule has 10 N–H and O–H groups in total. The predicted molar refractivity (Wildman–Crippen MR) is 439 cm³/mol. The summed E-state index contributed by atoms with van der Waals surface area (Å²) in [5, 5.41) is 33.1. The molecule has 0 amide bonds. The number of hydrogen-bond acceptors (Lipinski definition) is 19. The standard InChI is InChI=1S/C11H17NO.C10H15NO.C9H14N2O.C9H13NO.C8H8F3N.C8H11NO.2C8H11N.C7H7F3N2.C5H8N2O/c1-3-4-9-13-11-7-5-10(12-2)6-8-11;1-3-8-12-10-6-4-9(11-2)5-7-10;1-3-6-12-8-4-5-9(10-2)11-7-8;1-3-11-9-6-4-8(10-2)5-7-9;1-12-7-4-2-6(3-5-7)8(9,10)11;1-9-7-3-5-8(10-2)6-4-7;2*1-7-3-5-8(9-2)6-4-7;1-11-6-3-2-5(4-12-6)7(8,9)10;1-4-3-5(6-2)7-8-4/h5-8,12H,3-4,9H2,1-2H3;4-7,11H,3,8H2,1-2H3;4-5,7H,3,6H2,1-2H3,(H,10,11);4-7,10H,3H2,1-2H3;2-5,12H,1H3;3-6,9H,1-2H3;2*3-6,9H,1-2H3;2-4H,1H3,(H,11,12);3H,1-2H3,(H,6,7). The van der Waals surface area contributed by atoms with Gasteiger partial charge in [0.25, 0.3) is 0 Å². The van der Waals surface area contributed by atoms with E-state index in [0.29, 0.717) is 11.5 Å². The smallest absolute Gasteiger partial charge is 0.417 e. The van der Waals surface area contributed by atoms with Crippen molar-refractivity contribution in [2.45, 2.75) is 86.5 Å². The van der Waals surface area contributed by atoms with Crippen LogP contribution in [-0.2, 0) is 12.4 Å². The number of alkyl halides is 6. The Morgan fingerprint density at radius 3 is 0.898 bits per heavy atom. The number of nitrogens with zero attached hydrogens (tertiary/aromatic N) is 3. The van der Waals surface area contributed by atoms with E-state index in [4.69, 9.17) is 28.2 Å². The van der Waals surface area contributed by atoms with Crippen molar-refractivity contribution in [3.8, 4) is 28.7 Å². The van der Waals surface area contributed by atoms with Gasteiger partial charge in [-0.15, -0.1) is 0 Å². The lowest BCUT2D eigenvalue weighted by Gasteiger charge is -2.06. The van der Waals surface area contributed by atoms with E-state index in [1.54, 1.807) is 34.4 Å². The summed E-state index contributed by atoms with van der Waals surface area (Å²) < 4.78 is 103. The Morgan fingerprint density at radius 2 is 0.630 bits per heavy atom. The van der Waals surface area contributed by atoms with Gasteiger partial charge in [0.2, 0.25) is 0 Å². The molecule has 10 aromatic rings. The number of aryl methyl sites for hydroxylation is 3. The van der Waals surface area contributed by atoms with Gasteiger partial charge in [0, 0.05) is 123 Å². The number of unbranched alkanes of at least 4 members (excludes halogenated alkanes) is 1. The lowest BCUT2D eigenvalue weighted by atomic mass is 10.2. The largest absolute Gasteiger partial charge is 0.497 e.